The molecule has 0 aliphatic carbocycles. The Bertz CT molecular complexity index is 203. The summed E-state index contributed by atoms with van der Waals surface area (Å²) in [5.41, 5.74) is 5.35. The minimum absolute atomic E-state index is 0.353. The van der Waals surface area contributed by atoms with E-state index in [9.17, 15) is 5.11 Å². The van der Waals surface area contributed by atoms with Crippen LogP contribution in [0.2, 0.25) is 0 Å². The first kappa shape index (κ1) is 20.3. The second-order valence-corrected chi connectivity index (χ2v) is 5.54. The van der Waals surface area contributed by atoms with Crippen molar-refractivity contribution in [1.82, 2.24) is 0 Å². The standard InChI is InChI=1S/C12H27NO.H2O3S/c1-4-5-6-7-8-9-10-11(14)12(2,3)13;1-4(2)3/h11,14H,4-10,13H2,1-3H3;(H2,1,2,3)/p-1. The van der Waals surface area contributed by atoms with Crippen molar-refractivity contribution >= 4 is 11.4 Å². The van der Waals surface area contributed by atoms with Gasteiger partial charge in [0.15, 0.2) is 0 Å². The van der Waals surface area contributed by atoms with Crippen LogP contribution in [0, 0.1) is 0 Å². The van der Waals surface area contributed by atoms with Gasteiger partial charge in [-0.15, -0.1) is 0 Å². The molecule has 6 heteroatoms. The number of rotatable bonds is 8. The smallest absolute Gasteiger partial charge is 0.0814 e. The van der Waals surface area contributed by atoms with Crippen molar-refractivity contribution in [1.29, 1.82) is 0 Å². The Labute approximate surface area is 113 Å². The molecule has 0 aliphatic rings. The number of hydrogen-bond acceptors (Lipinski definition) is 4. The van der Waals surface area contributed by atoms with Gasteiger partial charge in [0.25, 0.3) is 0 Å². The first-order valence-electron chi connectivity index (χ1n) is 6.47. The van der Waals surface area contributed by atoms with E-state index in [1.165, 1.54) is 32.1 Å². The van der Waals surface area contributed by atoms with Crippen LogP contribution in [0.15, 0.2) is 0 Å². The number of hydrogen-bond donors (Lipinski definition) is 3. The second kappa shape index (κ2) is 12.0. The number of aliphatic hydroxyl groups excluding tert-OH is 1. The molecule has 0 spiro atoms. The molecule has 0 bridgehead atoms. The maximum Gasteiger partial charge on any atom is 0.0814 e. The monoisotopic (exact) mass is 282 g/mol. The first-order chi connectivity index (χ1) is 8.21. The minimum Gasteiger partial charge on any atom is -0.750 e. The van der Waals surface area contributed by atoms with Gasteiger partial charge in [0.05, 0.1) is 17.5 Å². The van der Waals surface area contributed by atoms with Gasteiger partial charge in [-0.2, -0.15) is 0 Å². The molecule has 0 saturated carbocycles. The zero-order chi connectivity index (χ0) is 14.6. The predicted molar refractivity (Wildman–Crippen MR) is 73.8 cm³/mol. The summed E-state index contributed by atoms with van der Waals surface area (Å²) in [5, 5.41) is 9.66. The summed E-state index contributed by atoms with van der Waals surface area (Å²) in [4.78, 5) is 0. The van der Waals surface area contributed by atoms with Crippen LogP contribution < -0.4 is 5.73 Å². The Kier molecular flexibility index (Phi) is 13.6. The average molecular weight is 282 g/mol. The van der Waals surface area contributed by atoms with Gasteiger partial charge in [-0.05, 0) is 20.3 Å². The summed E-state index contributed by atoms with van der Waals surface area (Å²) in [6.07, 6.45) is 8.08. The van der Waals surface area contributed by atoms with Gasteiger partial charge in [-0.1, -0.05) is 45.4 Å². The molecule has 0 aromatic rings. The maximum atomic E-state index is 9.66. The molecule has 5 nitrogen and oxygen atoms in total. The molecule has 0 rings (SSSR count). The van der Waals surface area contributed by atoms with E-state index < -0.39 is 16.9 Å². The summed E-state index contributed by atoms with van der Waals surface area (Å²) in [6, 6.07) is 0. The fraction of sp³-hybridized carbons (Fsp3) is 1.00. The largest absolute Gasteiger partial charge is 0.750 e. The molecular weight excluding hydrogens is 254 g/mol. The summed E-state index contributed by atoms with van der Waals surface area (Å²) >= 11 is -2.86. The van der Waals surface area contributed by atoms with Crippen molar-refractivity contribution in [2.24, 2.45) is 5.73 Å². The van der Waals surface area contributed by atoms with Crippen molar-refractivity contribution in [3.63, 3.8) is 0 Å². The SMILES string of the molecule is CCCCCCCCC(O)C(C)(C)N.O=S([O-])O. The van der Waals surface area contributed by atoms with Gasteiger partial charge in [-0.3, -0.25) is 0 Å². The van der Waals surface area contributed by atoms with Gasteiger partial charge < -0.3 is 19.9 Å². The molecule has 0 heterocycles. The maximum absolute atomic E-state index is 9.66. The molecule has 4 N–H and O–H groups in total. The van der Waals surface area contributed by atoms with E-state index in [-0.39, 0.29) is 6.10 Å². The quantitative estimate of drug-likeness (QED) is 0.467. The van der Waals surface area contributed by atoms with E-state index in [0.29, 0.717) is 0 Å². The van der Waals surface area contributed by atoms with Crippen molar-refractivity contribution in [2.45, 2.75) is 77.4 Å². The lowest BCUT2D eigenvalue weighted by molar-refractivity contribution is 0.0925. The van der Waals surface area contributed by atoms with E-state index >= 15 is 0 Å². The van der Waals surface area contributed by atoms with Crippen molar-refractivity contribution in [3.05, 3.63) is 0 Å². The summed E-state index contributed by atoms with van der Waals surface area (Å²) in [5.74, 6) is 0. The lowest BCUT2D eigenvalue weighted by Crippen LogP contribution is -2.44. The molecule has 18 heavy (non-hydrogen) atoms. The van der Waals surface area contributed by atoms with Crippen molar-refractivity contribution < 1.29 is 18.4 Å². The molecule has 0 aromatic heterocycles. The molecule has 2 unspecified atom stereocenters. The topological polar surface area (TPSA) is 107 Å². The van der Waals surface area contributed by atoms with Crippen LogP contribution in [0.25, 0.3) is 0 Å². The predicted octanol–water partition coefficient (Wildman–Crippen LogP) is 2.17. The number of aliphatic hydroxyl groups is 1. The summed E-state index contributed by atoms with van der Waals surface area (Å²) in [7, 11) is 0. The highest BCUT2D eigenvalue weighted by molar-refractivity contribution is 7.73. The molecule has 0 amide bonds. The van der Waals surface area contributed by atoms with Crippen LogP contribution in [-0.2, 0) is 11.4 Å². The summed E-state index contributed by atoms with van der Waals surface area (Å²) < 4.78 is 24.1. The highest BCUT2D eigenvalue weighted by Gasteiger charge is 2.21. The van der Waals surface area contributed by atoms with Crippen molar-refractivity contribution in [3.8, 4) is 0 Å². The van der Waals surface area contributed by atoms with Gasteiger partial charge in [0.2, 0.25) is 0 Å². The normalized spacial score (nSPS) is 14.6. The van der Waals surface area contributed by atoms with E-state index in [4.69, 9.17) is 19.0 Å². The van der Waals surface area contributed by atoms with E-state index in [2.05, 4.69) is 6.92 Å². The van der Waals surface area contributed by atoms with E-state index in [1.807, 2.05) is 13.8 Å². The average Bonchev–Trinajstić information content (AvgIpc) is 2.20. The molecule has 0 radical (unpaired) electrons. The van der Waals surface area contributed by atoms with Gasteiger partial charge in [0.1, 0.15) is 0 Å². The third-order valence-corrected chi connectivity index (χ3v) is 2.69. The Balaban J connectivity index is 0. The Hall–Kier alpha value is -0.0100. The van der Waals surface area contributed by atoms with Crippen LogP contribution in [0.4, 0.5) is 0 Å². The lowest BCUT2D eigenvalue weighted by atomic mass is 9.94. The Morgan fingerprint density at radius 2 is 1.61 bits per heavy atom. The Morgan fingerprint density at radius 1 is 1.22 bits per heavy atom. The molecule has 0 aromatic carbocycles. The molecule has 112 valence electrons. The van der Waals surface area contributed by atoms with Gasteiger partial charge in [-0.25, -0.2) is 4.21 Å². The van der Waals surface area contributed by atoms with Crippen molar-refractivity contribution in [2.75, 3.05) is 0 Å². The fourth-order valence-electron chi connectivity index (χ4n) is 1.49. The fourth-order valence-corrected chi connectivity index (χ4v) is 1.49. The molecular formula is C12H28NO4S-. The van der Waals surface area contributed by atoms with Crippen LogP contribution in [0.5, 0.6) is 0 Å². The van der Waals surface area contributed by atoms with Crippen LogP contribution >= 0.6 is 0 Å². The van der Waals surface area contributed by atoms with E-state index in [1.54, 1.807) is 0 Å². The highest BCUT2D eigenvalue weighted by Crippen LogP contribution is 2.14. The van der Waals surface area contributed by atoms with Crippen LogP contribution in [0.3, 0.4) is 0 Å². The lowest BCUT2D eigenvalue weighted by Gasteiger charge is -2.25. The zero-order valence-electron chi connectivity index (χ0n) is 11.7. The molecule has 2 atom stereocenters. The van der Waals surface area contributed by atoms with E-state index in [0.717, 1.165) is 12.8 Å². The molecule has 0 aliphatic heterocycles. The third-order valence-electron chi connectivity index (χ3n) is 2.69. The zero-order valence-corrected chi connectivity index (χ0v) is 12.5. The third kappa shape index (κ3) is 18.4. The Morgan fingerprint density at radius 3 is 2.00 bits per heavy atom. The first-order valence-corrected chi connectivity index (χ1v) is 7.50. The number of nitrogens with two attached hydrogens (primary N) is 1. The highest BCUT2D eigenvalue weighted by atomic mass is 32.2. The van der Waals surface area contributed by atoms with Crippen LogP contribution in [0.1, 0.15) is 65.7 Å². The second-order valence-electron chi connectivity index (χ2n) is 5.11. The molecule has 0 fully saturated rings. The van der Waals surface area contributed by atoms with Crippen LogP contribution in [-0.4, -0.2) is 30.1 Å². The van der Waals surface area contributed by atoms with Gasteiger partial charge >= 0.3 is 0 Å². The number of unbranched alkanes of at least 4 members (excludes halogenated alkanes) is 5. The molecule has 0 saturated heterocycles. The minimum atomic E-state index is -2.86. The van der Waals surface area contributed by atoms with Gasteiger partial charge in [0, 0.05) is 5.54 Å². The summed E-state index contributed by atoms with van der Waals surface area (Å²) in [6.45, 7) is 5.99.